The molecule has 19 heavy (non-hydrogen) atoms. The van der Waals surface area contributed by atoms with Crippen LogP contribution in [0.3, 0.4) is 0 Å². The van der Waals surface area contributed by atoms with Crippen molar-refractivity contribution in [3.8, 4) is 0 Å². The first-order valence-corrected chi connectivity index (χ1v) is 7.17. The number of carbonyl (C=O) groups excluding carboxylic acids is 1. The minimum atomic E-state index is 0.141. The first-order valence-electron chi connectivity index (χ1n) is 7.17. The lowest BCUT2D eigenvalue weighted by Crippen LogP contribution is -2.27. The van der Waals surface area contributed by atoms with Gasteiger partial charge < -0.3 is 10.2 Å². The Morgan fingerprint density at radius 3 is 3.00 bits per heavy atom. The van der Waals surface area contributed by atoms with Gasteiger partial charge in [-0.15, -0.1) is 0 Å². The summed E-state index contributed by atoms with van der Waals surface area (Å²) >= 11 is 0. The molecule has 2 aliphatic rings. The lowest BCUT2D eigenvalue weighted by Gasteiger charge is -2.17. The van der Waals surface area contributed by atoms with Gasteiger partial charge in [-0.1, -0.05) is 13.8 Å². The number of aromatic nitrogens is 1. The van der Waals surface area contributed by atoms with Crippen LogP contribution in [-0.2, 0) is 6.54 Å². The van der Waals surface area contributed by atoms with E-state index in [4.69, 9.17) is 4.98 Å². The molecule has 0 saturated carbocycles. The zero-order valence-electron chi connectivity index (χ0n) is 11.6. The van der Waals surface area contributed by atoms with Gasteiger partial charge in [0.2, 0.25) is 0 Å². The smallest absolute Gasteiger partial charge is 0.256 e. The molecule has 1 N–H and O–H groups in total. The van der Waals surface area contributed by atoms with Crippen molar-refractivity contribution in [2.45, 2.75) is 39.3 Å². The lowest BCUT2D eigenvalue weighted by molar-refractivity contribution is 0.0759. The number of hydrogen-bond acceptors (Lipinski definition) is 3. The van der Waals surface area contributed by atoms with E-state index in [0.29, 0.717) is 18.5 Å². The Morgan fingerprint density at radius 1 is 1.47 bits per heavy atom. The molecule has 3 heterocycles. The quantitative estimate of drug-likeness (QED) is 0.904. The summed E-state index contributed by atoms with van der Waals surface area (Å²) in [5, 5.41) is 3.46. The van der Waals surface area contributed by atoms with Gasteiger partial charge in [0.15, 0.2) is 0 Å². The van der Waals surface area contributed by atoms with E-state index in [2.05, 4.69) is 19.2 Å². The van der Waals surface area contributed by atoms with E-state index in [1.807, 2.05) is 17.0 Å². The first kappa shape index (κ1) is 12.6. The fraction of sp³-hybridized carbons (Fsp3) is 0.600. The molecule has 1 amide bonds. The molecule has 1 unspecified atom stereocenters. The molecule has 1 fully saturated rings. The van der Waals surface area contributed by atoms with Crippen LogP contribution >= 0.6 is 0 Å². The predicted molar refractivity (Wildman–Crippen MR) is 73.8 cm³/mol. The van der Waals surface area contributed by atoms with Crippen LogP contribution in [-0.4, -0.2) is 28.9 Å². The number of amides is 1. The maximum Gasteiger partial charge on any atom is 0.256 e. The third-order valence-electron chi connectivity index (χ3n) is 3.86. The summed E-state index contributed by atoms with van der Waals surface area (Å²) in [6.07, 6.45) is 2.36. The molecular formula is C15H21N3O. The molecule has 1 atom stereocenters. The van der Waals surface area contributed by atoms with E-state index >= 15 is 0 Å². The molecule has 102 valence electrons. The summed E-state index contributed by atoms with van der Waals surface area (Å²) < 4.78 is 0. The average molecular weight is 259 g/mol. The van der Waals surface area contributed by atoms with Gasteiger partial charge in [-0.2, -0.15) is 0 Å². The van der Waals surface area contributed by atoms with Crippen molar-refractivity contribution in [1.29, 1.82) is 0 Å². The molecule has 0 spiro atoms. The van der Waals surface area contributed by atoms with Gasteiger partial charge in [-0.05, 0) is 37.4 Å². The van der Waals surface area contributed by atoms with Gasteiger partial charge in [0.05, 0.1) is 23.5 Å². The fourth-order valence-electron chi connectivity index (χ4n) is 2.98. The molecule has 4 heteroatoms. The minimum Gasteiger partial charge on any atom is -0.332 e. The van der Waals surface area contributed by atoms with E-state index < -0.39 is 0 Å². The molecular weight excluding hydrogens is 238 g/mol. The van der Waals surface area contributed by atoms with Crippen LogP contribution in [0.15, 0.2) is 12.1 Å². The molecule has 0 aromatic carbocycles. The summed E-state index contributed by atoms with van der Waals surface area (Å²) in [4.78, 5) is 18.9. The predicted octanol–water partition coefficient (Wildman–Crippen LogP) is 2.12. The number of rotatable bonds is 3. The van der Waals surface area contributed by atoms with Crippen LogP contribution in [0, 0.1) is 5.92 Å². The van der Waals surface area contributed by atoms with Crippen molar-refractivity contribution in [3.05, 3.63) is 29.1 Å². The standard InChI is InChI=1S/C15H21N3O/c1-10(2)8-18-9-14-11(15(18)19)5-6-13(17-14)12-4-3-7-16-12/h5-6,10,12,16H,3-4,7-9H2,1-2H3. The van der Waals surface area contributed by atoms with Crippen LogP contribution in [0.2, 0.25) is 0 Å². The summed E-state index contributed by atoms with van der Waals surface area (Å²) in [6.45, 7) is 6.83. The highest BCUT2D eigenvalue weighted by molar-refractivity contribution is 5.97. The van der Waals surface area contributed by atoms with Crippen LogP contribution in [0.25, 0.3) is 0 Å². The Kier molecular flexibility index (Phi) is 3.27. The average Bonchev–Trinajstić information content (AvgIpc) is 2.98. The monoisotopic (exact) mass is 259 g/mol. The van der Waals surface area contributed by atoms with Gasteiger partial charge in [-0.25, -0.2) is 0 Å². The number of nitrogens with one attached hydrogen (secondary N) is 1. The molecule has 1 aromatic rings. The van der Waals surface area contributed by atoms with Crippen LogP contribution in [0.5, 0.6) is 0 Å². The summed E-state index contributed by atoms with van der Waals surface area (Å²) in [5.41, 5.74) is 2.84. The van der Waals surface area contributed by atoms with Gasteiger partial charge in [-0.3, -0.25) is 9.78 Å². The molecule has 3 rings (SSSR count). The first-order chi connectivity index (χ1) is 9.15. The normalized spacial score (nSPS) is 22.4. The molecule has 0 radical (unpaired) electrons. The number of hydrogen-bond donors (Lipinski definition) is 1. The second-order valence-electron chi connectivity index (χ2n) is 5.96. The highest BCUT2D eigenvalue weighted by Gasteiger charge is 2.30. The zero-order chi connectivity index (χ0) is 13.4. The van der Waals surface area contributed by atoms with E-state index in [9.17, 15) is 4.79 Å². The van der Waals surface area contributed by atoms with E-state index in [-0.39, 0.29) is 5.91 Å². The van der Waals surface area contributed by atoms with Crippen molar-refractivity contribution in [2.24, 2.45) is 5.92 Å². The Bertz CT molecular complexity index is 492. The van der Waals surface area contributed by atoms with Crippen LogP contribution < -0.4 is 5.32 Å². The third-order valence-corrected chi connectivity index (χ3v) is 3.86. The summed E-state index contributed by atoms with van der Waals surface area (Å²) in [6, 6.07) is 4.35. The number of nitrogens with zero attached hydrogens (tertiary/aromatic N) is 2. The third kappa shape index (κ3) is 2.37. The summed E-state index contributed by atoms with van der Waals surface area (Å²) in [7, 11) is 0. The van der Waals surface area contributed by atoms with Crippen molar-refractivity contribution in [2.75, 3.05) is 13.1 Å². The van der Waals surface area contributed by atoms with Crippen molar-refractivity contribution in [3.63, 3.8) is 0 Å². The molecule has 0 aliphatic carbocycles. The molecule has 1 saturated heterocycles. The Labute approximate surface area is 114 Å². The van der Waals surface area contributed by atoms with Crippen molar-refractivity contribution < 1.29 is 4.79 Å². The molecule has 4 nitrogen and oxygen atoms in total. The largest absolute Gasteiger partial charge is 0.332 e. The Balaban J connectivity index is 1.82. The second kappa shape index (κ2) is 4.93. The topological polar surface area (TPSA) is 45.2 Å². The van der Waals surface area contributed by atoms with Gasteiger partial charge in [0, 0.05) is 12.6 Å². The maximum atomic E-state index is 12.2. The van der Waals surface area contributed by atoms with Gasteiger partial charge in [0.1, 0.15) is 0 Å². The van der Waals surface area contributed by atoms with E-state index in [0.717, 1.165) is 36.5 Å². The number of carbonyl (C=O) groups is 1. The molecule has 0 bridgehead atoms. The van der Waals surface area contributed by atoms with Crippen LogP contribution in [0.4, 0.5) is 0 Å². The van der Waals surface area contributed by atoms with Crippen LogP contribution in [0.1, 0.15) is 54.5 Å². The highest BCUT2D eigenvalue weighted by Crippen LogP contribution is 2.26. The summed E-state index contributed by atoms with van der Waals surface area (Å²) in [5.74, 6) is 0.636. The van der Waals surface area contributed by atoms with E-state index in [1.54, 1.807) is 0 Å². The van der Waals surface area contributed by atoms with Gasteiger partial charge in [0.25, 0.3) is 5.91 Å². The van der Waals surface area contributed by atoms with Gasteiger partial charge >= 0.3 is 0 Å². The second-order valence-corrected chi connectivity index (χ2v) is 5.96. The maximum absolute atomic E-state index is 12.2. The lowest BCUT2D eigenvalue weighted by atomic mass is 10.1. The molecule has 1 aromatic heterocycles. The zero-order valence-corrected chi connectivity index (χ0v) is 11.6. The minimum absolute atomic E-state index is 0.141. The van der Waals surface area contributed by atoms with Crippen molar-refractivity contribution >= 4 is 5.91 Å². The Hall–Kier alpha value is -1.42. The SMILES string of the molecule is CC(C)CN1Cc2nc(C3CCCN3)ccc2C1=O. The highest BCUT2D eigenvalue weighted by atomic mass is 16.2. The number of fused-ring (bicyclic) bond motifs is 1. The Morgan fingerprint density at radius 2 is 2.32 bits per heavy atom. The fourth-order valence-corrected chi connectivity index (χ4v) is 2.98. The van der Waals surface area contributed by atoms with Crippen molar-refractivity contribution in [1.82, 2.24) is 15.2 Å². The van der Waals surface area contributed by atoms with E-state index in [1.165, 1.54) is 6.42 Å². The molecule has 2 aliphatic heterocycles. The number of pyridine rings is 1.